The van der Waals surface area contributed by atoms with Crippen LogP contribution in [0.1, 0.15) is 10.4 Å². The molecule has 0 amide bonds. The monoisotopic (exact) mass is 339 g/mol. The van der Waals surface area contributed by atoms with Crippen LogP contribution in [0.3, 0.4) is 0 Å². The first kappa shape index (κ1) is 16.5. The van der Waals surface area contributed by atoms with Gasteiger partial charge in [-0.3, -0.25) is 0 Å². The number of oxime groups is 1. The second-order valence-electron chi connectivity index (χ2n) is 4.66. The van der Waals surface area contributed by atoms with Gasteiger partial charge in [-0.25, -0.2) is 12.7 Å². The zero-order valence-electron chi connectivity index (χ0n) is 12.3. The molecule has 2 N–H and O–H groups in total. The molecular weight excluding hydrogens is 322 g/mol. The summed E-state index contributed by atoms with van der Waals surface area (Å²) in [6.45, 7) is 0.142. The number of sulfonamides is 1. The predicted molar refractivity (Wildman–Crippen MR) is 87.1 cm³/mol. The minimum Gasteiger partial charge on any atom is -0.389 e. The van der Waals surface area contributed by atoms with Gasteiger partial charge in [0.2, 0.25) is 10.0 Å². The van der Waals surface area contributed by atoms with Crippen LogP contribution < -0.4 is 5.73 Å². The van der Waals surface area contributed by atoms with E-state index in [0.29, 0.717) is 11.4 Å². The van der Waals surface area contributed by atoms with Crippen molar-refractivity contribution < 1.29 is 13.3 Å². The van der Waals surface area contributed by atoms with E-state index in [2.05, 4.69) is 5.16 Å². The molecule has 118 valence electrons. The normalized spacial score (nSPS) is 12.6. The third-order valence-electron chi connectivity index (χ3n) is 2.84. The van der Waals surface area contributed by atoms with Gasteiger partial charge >= 0.3 is 0 Å². The van der Waals surface area contributed by atoms with Crippen LogP contribution in [0.25, 0.3) is 0 Å². The van der Waals surface area contributed by atoms with E-state index in [0.717, 1.165) is 4.88 Å². The molecular formula is C14H17N3O3S2. The van der Waals surface area contributed by atoms with E-state index >= 15 is 0 Å². The van der Waals surface area contributed by atoms with Crippen LogP contribution >= 0.6 is 11.3 Å². The lowest BCUT2D eigenvalue weighted by Gasteiger charge is -2.12. The van der Waals surface area contributed by atoms with Crippen molar-refractivity contribution in [3.8, 4) is 0 Å². The molecule has 2 rings (SSSR count). The third kappa shape index (κ3) is 3.85. The van der Waals surface area contributed by atoms with Gasteiger partial charge in [-0.1, -0.05) is 23.4 Å². The van der Waals surface area contributed by atoms with Crippen LogP contribution in [0.2, 0.25) is 0 Å². The van der Waals surface area contributed by atoms with Crippen molar-refractivity contribution >= 4 is 27.2 Å². The number of hydrogen-bond acceptors (Lipinski definition) is 5. The Morgan fingerprint density at radius 1 is 1.32 bits per heavy atom. The zero-order chi connectivity index (χ0) is 16.2. The Bertz CT molecular complexity index is 753. The van der Waals surface area contributed by atoms with Crippen LogP contribution in [0.15, 0.2) is 51.8 Å². The molecule has 1 aromatic heterocycles. The largest absolute Gasteiger partial charge is 0.389 e. The zero-order valence-corrected chi connectivity index (χ0v) is 13.9. The van der Waals surface area contributed by atoms with Crippen molar-refractivity contribution in [2.24, 2.45) is 10.9 Å². The number of nitrogens with two attached hydrogens (primary N) is 1. The molecule has 0 aliphatic heterocycles. The highest BCUT2D eigenvalue weighted by Crippen LogP contribution is 2.15. The Balaban J connectivity index is 2.07. The first-order valence-corrected chi connectivity index (χ1v) is 8.74. The second kappa shape index (κ2) is 6.91. The lowest BCUT2D eigenvalue weighted by atomic mass is 10.2. The summed E-state index contributed by atoms with van der Waals surface area (Å²) in [6, 6.07) is 10.3. The standard InChI is InChI=1S/C14H17N3O3S2/c1-17(2)22(18,19)12-6-3-5-11(9-12)10-20-16-14(15)13-7-4-8-21-13/h3-9H,10H2,1-2H3,(H2,15,16). The van der Waals surface area contributed by atoms with Crippen LogP contribution in [0.5, 0.6) is 0 Å². The Morgan fingerprint density at radius 2 is 2.09 bits per heavy atom. The van der Waals surface area contributed by atoms with Gasteiger partial charge in [-0.05, 0) is 29.1 Å². The molecule has 0 spiro atoms. The molecule has 8 heteroatoms. The maximum Gasteiger partial charge on any atom is 0.242 e. The van der Waals surface area contributed by atoms with Crippen LogP contribution in [0, 0.1) is 0 Å². The lowest BCUT2D eigenvalue weighted by Crippen LogP contribution is -2.22. The molecule has 0 saturated heterocycles. The molecule has 0 unspecified atom stereocenters. The van der Waals surface area contributed by atoms with E-state index in [1.54, 1.807) is 24.3 Å². The topological polar surface area (TPSA) is 85.0 Å². The lowest BCUT2D eigenvalue weighted by molar-refractivity contribution is 0.130. The van der Waals surface area contributed by atoms with Gasteiger partial charge in [0.1, 0.15) is 6.61 Å². The smallest absolute Gasteiger partial charge is 0.242 e. The van der Waals surface area contributed by atoms with Crippen molar-refractivity contribution in [1.29, 1.82) is 0 Å². The van der Waals surface area contributed by atoms with Crippen molar-refractivity contribution in [2.75, 3.05) is 14.1 Å². The number of amidine groups is 1. The van der Waals surface area contributed by atoms with E-state index in [4.69, 9.17) is 10.6 Å². The van der Waals surface area contributed by atoms with E-state index in [-0.39, 0.29) is 11.5 Å². The average Bonchev–Trinajstić information content (AvgIpc) is 3.01. The van der Waals surface area contributed by atoms with E-state index in [9.17, 15) is 8.42 Å². The first-order chi connectivity index (χ1) is 10.4. The van der Waals surface area contributed by atoms with Gasteiger partial charge in [0.05, 0.1) is 9.77 Å². The predicted octanol–water partition coefficient (Wildman–Crippen LogP) is 1.84. The Kier molecular flexibility index (Phi) is 5.17. The molecule has 0 aliphatic carbocycles. The summed E-state index contributed by atoms with van der Waals surface area (Å²) in [4.78, 5) is 6.23. The van der Waals surface area contributed by atoms with Gasteiger partial charge in [-0.15, -0.1) is 11.3 Å². The Labute approximate surface area is 133 Å². The van der Waals surface area contributed by atoms with Gasteiger partial charge in [0.15, 0.2) is 5.84 Å². The fourth-order valence-electron chi connectivity index (χ4n) is 1.65. The average molecular weight is 339 g/mol. The summed E-state index contributed by atoms with van der Waals surface area (Å²) < 4.78 is 25.3. The molecule has 1 heterocycles. The van der Waals surface area contributed by atoms with E-state index in [1.807, 2.05) is 17.5 Å². The maximum absolute atomic E-state index is 12.1. The highest BCUT2D eigenvalue weighted by Gasteiger charge is 2.17. The molecule has 0 bridgehead atoms. The van der Waals surface area contributed by atoms with Crippen LogP contribution in [-0.2, 0) is 21.5 Å². The van der Waals surface area contributed by atoms with Crippen LogP contribution in [0.4, 0.5) is 0 Å². The van der Waals surface area contributed by atoms with Crippen molar-refractivity contribution in [2.45, 2.75) is 11.5 Å². The molecule has 22 heavy (non-hydrogen) atoms. The van der Waals surface area contributed by atoms with Gasteiger partial charge in [0, 0.05) is 14.1 Å². The Morgan fingerprint density at radius 3 is 2.73 bits per heavy atom. The third-order valence-corrected chi connectivity index (χ3v) is 5.55. The number of nitrogens with zero attached hydrogens (tertiary/aromatic N) is 2. The van der Waals surface area contributed by atoms with E-state index in [1.165, 1.54) is 29.7 Å². The summed E-state index contributed by atoms with van der Waals surface area (Å²) in [5.74, 6) is 0.298. The second-order valence-corrected chi connectivity index (χ2v) is 7.76. The highest BCUT2D eigenvalue weighted by atomic mass is 32.2. The molecule has 0 atom stereocenters. The molecule has 1 aromatic carbocycles. The summed E-state index contributed by atoms with van der Waals surface area (Å²) in [5, 5.41) is 5.73. The summed E-state index contributed by atoms with van der Waals surface area (Å²) >= 11 is 1.47. The fourth-order valence-corrected chi connectivity index (χ4v) is 3.24. The number of thiophene rings is 1. The first-order valence-electron chi connectivity index (χ1n) is 6.42. The summed E-state index contributed by atoms with van der Waals surface area (Å²) in [6.07, 6.45) is 0. The fraction of sp³-hybridized carbons (Fsp3) is 0.214. The molecule has 0 aliphatic rings. The van der Waals surface area contributed by atoms with Crippen molar-refractivity contribution in [3.05, 3.63) is 52.2 Å². The maximum atomic E-state index is 12.1. The SMILES string of the molecule is CN(C)S(=O)(=O)c1cccc(CON=C(N)c2cccs2)c1. The Hall–Kier alpha value is -1.90. The summed E-state index contributed by atoms with van der Waals surface area (Å²) in [5.41, 5.74) is 6.48. The highest BCUT2D eigenvalue weighted by molar-refractivity contribution is 7.89. The number of hydrogen-bond donors (Lipinski definition) is 1. The summed E-state index contributed by atoms with van der Waals surface area (Å²) in [7, 11) is -0.476. The molecule has 0 radical (unpaired) electrons. The van der Waals surface area contributed by atoms with Gasteiger partial charge < -0.3 is 10.6 Å². The quantitative estimate of drug-likeness (QED) is 0.494. The molecule has 2 aromatic rings. The number of rotatable bonds is 6. The van der Waals surface area contributed by atoms with Gasteiger partial charge in [0.25, 0.3) is 0 Å². The molecule has 0 saturated carbocycles. The molecule has 0 fully saturated rings. The molecule has 6 nitrogen and oxygen atoms in total. The van der Waals surface area contributed by atoms with Crippen molar-refractivity contribution in [3.63, 3.8) is 0 Å². The van der Waals surface area contributed by atoms with E-state index < -0.39 is 10.0 Å². The minimum absolute atomic E-state index is 0.142. The minimum atomic E-state index is -3.46. The van der Waals surface area contributed by atoms with Crippen molar-refractivity contribution in [1.82, 2.24) is 4.31 Å². The van der Waals surface area contributed by atoms with Crippen LogP contribution in [-0.4, -0.2) is 32.7 Å². The van der Waals surface area contributed by atoms with Gasteiger partial charge in [-0.2, -0.15) is 0 Å². The number of benzene rings is 1.